The molecule has 0 spiro atoms. The van der Waals surface area contributed by atoms with Crippen LogP contribution in [0.5, 0.6) is 17.2 Å². The molecule has 176 valence electrons. The Labute approximate surface area is 194 Å². The summed E-state index contributed by atoms with van der Waals surface area (Å²) in [5.74, 6) is -1.46. The molecule has 10 heteroatoms. The number of amides is 2. The van der Waals surface area contributed by atoms with Gasteiger partial charge in [-0.15, -0.1) is 0 Å². The van der Waals surface area contributed by atoms with Crippen LogP contribution in [-0.4, -0.2) is 30.4 Å². The number of non-ortho nitro benzene ring substituents is 1. The summed E-state index contributed by atoms with van der Waals surface area (Å²) in [6.45, 7) is -0.129. The predicted octanol–water partition coefficient (Wildman–Crippen LogP) is 3.61. The molecule has 3 aromatic carbocycles. The molecule has 0 bridgehead atoms. The molecule has 0 fully saturated rings. The number of nitrogens with zero attached hydrogens (tertiary/aromatic N) is 1. The van der Waals surface area contributed by atoms with Crippen LogP contribution in [0.4, 0.5) is 10.1 Å². The number of primary amides is 1. The summed E-state index contributed by atoms with van der Waals surface area (Å²) in [5.41, 5.74) is 5.75. The largest absolute Gasteiger partial charge is 0.497 e. The number of nitro benzene ring substituents is 1. The average molecular weight is 467 g/mol. The fourth-order valence-electron chi connectivity index (χ4n) is 3.16. The number of ether oxygens (including phenoxy) is 2. The molecule has 3 aromatic rings. The van der Waals surface area contributed by atoms with Gasteiger partial charge in [-0.2, -0.15) is 0 Å². The van der Waals surface area contributed by atoms with Crippen LogP contribution in [-0.2, 0) is 11.2 Å². The van der Waals surface area contributed by atoms with E-state index >= 15 is 0 Å². The first-order valence-corrected chi connectivity index (χ1v) is 10.2. The molecule has 1 unspecified atom stereocenters. The van der Waals surface area contributed by atoms with Crippen molar-refractivity contribution in [2.45, 2.75) is 6.42 Å². The first kappa shape index (κ1) is 24.2. The maximum atomic E-state index is 13.1. The number of carbonyl (C=O) groups is 2. The highest BCUT2D eigenvalue weighted by atomic mass is 19.1. The van der Waals surface area contributed by atoms with Gasteiger partial charge < -0.3 is 20.5 Å². The summed E-state index contributed by atoms with van der Waals surface area (Å²) in [4.78, 5) is 35.4. The maximum Gasteiger partial charge on any atom is 0.270 e. The van der Waals surface area contributed by atoms with Gasteiger partial charge in [0.25, 0.3) is 11.6 Å². The van der Waals surface area contributed by atoms with Crippen molar-refractivity contribution in [2.24, 2.45) is 11.7 Å². The molecular formula is C24H22FN3O6. The second-order valence-corrected chi connectivity index (χ2v) is 7.36. The number of nitrogens with two attached hydrogens (primary N) is 1. The van der Waals surface area contributed by atoms with Crippen LogP contribution in [0.2, 0.25) is 0 Å². The van der Waals surface area contributed by atoms with Crippen LogP contribution in [0.3, 0.4) is 0 Å². The van der Waals surface area contributed by atoms with Gasteiger partial charge in [0.1, 0.15) is 23.1 Å². The van der Waals surface area contributed by atoms with E-state index in [9.17, 15) is 24.1 Å². The second kappa shape index (κ2) is 10.9. The third-order valence-corrected chi connectivity index (χ3v) is 5.01. The Kier molecular flexibility index (Phi) is 7.75. The minimum atomic E-state index is -0.779. The molecule has 0 aliphatic heterocycles. The summed E-state index contributed by atoms with van der Waals surface area (Å²) in [6, 6.07) is 15.8. The number of nitro groups is 1. The third kappa shape index (κ3) is 6.28. The van der Waals surface area contributed by atoms with E-state index in [-0.39, 0.29) is 30.0 Å². The van der Waals surface area contributed by atoms with E-state index in [1.54, 1.807) is 24.3 Å². The van der Waals surface area contributed by atoms with Gasteiger partial charge in [0.15, 0.2) is 0 Å². The summed E-state index contributed by atoms with van der Waals surface area (Å²) in [5, 5.41) is 13.8. The van der Waals surface area contributed by atoms with Crippen molar-refractivity contribution >= 4 is 17.5 Å². The van der Waals surface area contributed by atoms with Crippen molar-refractivity contribution in [1.82, 2.24) is 5.32 Å². The molecule has 0 heterocycles. The Morgan fingerprint density at radius 1 is 1.06 bits per heavy atom. The molecule has 9 nitrogen and oxygen atoms in total. The van der Waals surface area contributed by atoms with Gasteiger partial charge in [0, 0.05) is 18.7 Å². The van der Waals surface area contributed by atoms with Crippen molar-refractivity contribution in [3.63, 3.8) is 0 Å². The number of halogens is 1. The van der Waals surface area contributed by atoms with E-state index in [2.05, 4.69) is 5.32 Å². The number of rotatable bonds is 10. The summed E-state index contributed by atoms with van der Waals surface area (Å²) >= 11 is 0. The Bertz CT molecular complexity index is 1180. The normalized spacial score (nSPS) is 11.4. The SMILES string of the molecule is COc1ccc(Oc2ccc([N+](=O)[O-])cc2C(=O)NCC(Cc2ccc(F)cc2)C(N)=O)cc1. The lowest BCUT2D eigenvalue weighted by Gasteiger charge is -2.16. The molecule has 34 heavy (non-hydrogen) atoms. The number of hydrogen-bond acceptors (Lipinski definition) is 6. The van der Waals surface area contributed by atoms with Gasteiger partial charge in [-0.3, -0.25) is 19.7 Å². The molecular weight excluding hydrogens is 445 g/mol. The first-order chi connectivity index (χ1) is 16.3. The molecule has 0 aliphatic rings. The van der Waals surface area contributed by atoms with Gasteiger partial charge in [-0.1, -0.05) is 12.1 Å². The number of hydrogen-bond donors (Lipinski definition) is 2. The smallest absolute Gasteiger partial charge is 0.270 e. The molecule has 3 rings (SSSR count). The Balaban J connectivity index is 1.78. The second-order valence-electron chi connectivity index (χ2n) is 7.36. The minimum Gasteiger partial charge on any atom is -0.497 e. The van der Waals surface area contributed by atoms with Gasteiger partial charge >= 0.3 is 0 Å². The lowest BCUT2D eigenvalue weighted by molar-refractivity contribution is -0.384. The Morgan fingerprint density at radius 3 is 2.29 bits per heavy atom. The molecule has 3 N–H and O–H groups in total. The lowest BCUT2D eigenvalue weighted by atomic mass is 9.98. The number of carbonyl (C=O) groups excluding carboxylic acids is 2. The summed E-state index contributed by atoms with van der Waals surface area (Å²) in [7, 11) is 1.52. The minimum absolute atomic E-state index is 0.0856. The van der Waals surface area contributed by atoms with Crippen LogP contribution >= 0.6 is 0 Å². The monoisotopic (exact) mass is 467 g/mol. The van der Waals surface area contributed by atoms with Crippen molar-refractivity contribution in [2.75, 3.05) is 13.7 Å². The zero-order valence-corrected chi connectivity index (χ0v) is 18.2. The van der Waals surface area contributed by atoms with E-state index in [4.69, 9.17) is 15.2 Å². The highest BCUT2D eigenvalue weighted by Crippen LogP contribution is 2.30. The van der Waals surface area contributed by atoms with Crippen LogP contribution in [0.1, 0.15) is 15.9 Å². The molecule has 2 amide bonds. The fraction of sp³-hybridized carbons (Fsp3) is 0.167. The average Bonchev–Trinajstić information content (AvgIpc) is 2.83. The molecule has 0 radical (unpaired) electrons. The van der Waals surface area contributed by atoms with Crippen molar-refractivity contribution in [3.05, 3.63) is 93.8 Å². The molecule has 0 saturated carbocycles. The zero-order valence-electron chi connectivity index (χ0n) is 18.2. The highest BCUT2D eigenvalue weighted by Gasteiger charge is 2.22. The third-order valence-electron chi connectivity index (χ3n) is 5.01. The number of nitrogens with one attached hydrogen (secondary N) is 1. The molecule has 1 atom stereocenters. The first-order valence-electron chi connectivity index (χ1n) is 10.2. The van der Waals surface area contributed by atoms with Gasteiger partial charge in [-0.25, -0.2) is 4.39 Å². The Morgan fingerprint density at radius 2 is 1.71 bits per heavy atom. The van der Waals surface area contributed by atoms with E-state index in [1.165, 1.54) is 43.5 Å². The summed E-state index contributed by atoms with van der Waals surface area (Å²) in [6.07, 6.45) is 0.181. The van der Waals surface area contributed by atoms with Crippen LogP contribution < -0.4 is 20.5 Å². The standard InChI is InChI=1S/C24H22FN3O6/c1-33-19-7-9-20(10-8-19)34-22-11-6-18(28(31)32)13-21(22)24(30)27-14-16(23(26)29)12-15-2-4-17(25)5-3-15/h2-11,13,16H,12,14H2,1H3,(H2,26,29)(H,27,30). The number of methoxy groups -OCH3 is 1. The van der Waals surface area contributed by atoms with Gasteiger partial charge in [-0.05, 0) is 54.4 Å². The van der Waals surface area contributed by atoms with Crippen molar-refractivity contribution in [3.8, 4) is 17.2 Å². The van der Waals surface area contributed by atoms with E-state index in [1.807, 2.05) is 0 Å². The van der Waals surface area contributed by atoms with Crippen molar-refractivity contribution < 1.29 is 28.4 Å². The predicted molar refractivity (Wildman–Crippen MR) is 121 cm³/mol. The van der Waals surface area contributed by atoms with Crippen molar-refractivity contribution in [1.29, 1.82) is 0 Å². The van der Waals surface area contributed by atoms with E-state index in [0.717, 1.165) is 6.07 Å². The maximum absolute atomic E-state index is 13.1. The van der Waals surface area contributed by atoms with Crippen LogP contribution in [0.25, 0.3) is 0 Å². The van der Waals surface area contributed by atoms with E-state index in [0.29, 0.717) is 17.1 Å². The highest BCUT2D eigenvalue weighted by molar-refractivity contribution is 5.98. The number of benzene rings is 3. The van der Waals surface area contributed by atoms with Crippen LogP contribution in [0.15, 0.2) is 66.7 Å². The van der Waals surface area contributed by atoms with Crippen LogP contribution in [0, 0.1) is 21.8 Å². The Hall–Kier alpha value is -4.47. The summed E-state index contributed by atoms with van der Waals surface area (Å²) < 4.78 is 24.0. The van der Waals surface area contributed by atoms with E-state index < -0.39 is 28.5 Å². The topological polar surface area (TPSA) is 134 Å². The molecule has 0 aromatic heterocycles. The molecule has 0 aliphatic carbocycles. The van der Waals surface area contributed by atoms with Gasteiger partial charge in [0.2, 0.25) is 5.91 Å². The fourth-order valence-corrected chi connectivity index (χ4v) is 3.16. The zero-order chi connectivity index (χ0) is 24.7. The van der Waals surface area contributed by atoms with Gasteiger partial charge in [0.05, 0.1) is 23.5 Å². The quantitative estimate of drug-likeness (QED) is 0.346. The lowest BCUT2D eigenvalue weighted by Crippen LogP contribution is -2.37. The molecule has 0 saturated heterocycles.